The number of aromatic hydroxyl groups is 1. The molecule has 9 heteroatoms. The van der Waals surface area contributed by atoms with Crippen molar-refractivity contribution in [3.63, 3.8) is 0 Å². The Balaban J connectivity index is 1.98. The largest absolute Gasteiger partial charge is 0.503 e. The van der Waals surface area contributed by atoms with Crippen molar-refractivity contribution in [2.45, 2.75) is 52.5 Å². The summed E-state index contributed by atoms with van der Waals surface area (Å²) in [7, 11) is 1.43. The molecule has 1 aliphatic heterocycles. The summed E-state index contributed by atoms with van der Waals surface area (Å²) in [5, 5.41) is 10.2. The minimum atomic E-state index is -0.673. The molecule has 7 nitrogen and oxygen atoms in total. The van der Waals surface area contributed by atoms with E-state index in [1.807, 2.05) is 31.2 Å². The first-order valence-electron chi connectivity index (χ1n) is 12.6. The Bertz CT molecular complexity index is 1570. The van der Waals surface area contributed by atoms with Crippen LogP contribution in [-0.4, -0.2) is 29.4 Å². The van der Waals surface area contributed by atoms with Gasteiger partial charge in [0, 0.05) is 0 Å². The van der Waals surface area contributed by atoms with Gasteiger partial charge in [-0.25, -0.2) is 9.79 Å². The molecule has 0 saturated carbocycles. The van der Waals surface area contributed by atoms with Crippen molar-refractivity contribution >= 4 is 35.0 Å². The smallest absolute Gasteiger partial charge is 0.338 e. The van der Waals surface area contributed by atoms with E-state index >= 15 is 0 Å². The van der Waals surface area contributed by atoms with Gasteiger partial charge in [0.05, 0.1) is 40.6 Å². The van der Waals surface area contributed by atoms with Gasteiger partial charge in [-0.2, -0.15) is 0 Å². The Kier molecular flexibility index (Phi) is 8.43. The Labute approximate surface area is 230 Å². The zero-order valence-corrected chi connectivity index (χ0v) is 23.7. The van der Waals surface area contributed by atoms with Gasteiger partial charge in [-0.3, -0.25) is 9.36 Å². The number of allylic oxidation sites excluding steroid dienone is 1. The lowest BCUT2D eigenvalue weighted by atomic mass is 9.92. The Morgan fingerprint density at radius 1 is 1.24 bits per heavy atom. The highest BCUT2D eigenvalue weighted by Gasteiger charge is 2.34. The third kappa shape index (κ3) is 5.28. The van der Waals surface area contributed by atoms with Crippen molar-refractivity contribution in [1.29, 1.82) is 0 Å². The number of nitrogens with zero attached hydrogens (tertiary/aromatic N) is 2. The number of hydrogen-bond donors (Lipinski definition) is 1. The summed E-state index contributed by atoms with van der Waals surface area (Å²) in [5.41, 5.74) is 3.29. The number of benzene rings is 2. The lowest BCUT2D eigenvalue weighted by Crippen LogP contribution is -2.40. The SMILES string of the molecule is CCCC1=C(C(=O)OCC)[C@@H](c2ccc(C(C)C)cc2)n2c(s/c(=C\c3cc(Cl)c(O)c(OC)c3)c2=O)=N1. The summed E-state index contributed by atoms with van der Waals surface area (Å²) in [6.45, 7) is 8.23. The van der Waals surface area contributed by atoms with Crippen LogP contribution in [0.2, 0.25) is 5.02 Å². The van der Waals surface area contributed by atoms with Crippen molar-refractivity contribution in [2.24, 2.45) is 4.99 Å². The standard InChI is InChI=1S/C29H31ClN2O5S/c1-6-8-21-24(28(35)37-7-2)25(19-11-9-18(10-12-19)16(3)4)32-27(34)23(38-29(32)31-21)15-17-13-20(30)26(33)22(14-17)36-5/h9-16,25,33H,6-8H2,1-5H3/b23-15-/t25-/m1/s1. The molecule has 2 aromatic carbocycles. The first kappa shape index (κ1) is 27.7. The summed E-state index contributed by atoms with van der Waals surface area (Å²) in [6.07, 6.45) is 3.04. The number of esters is 1. The quantitative estimate of drug-likeness (QED) is 0.393. The predicted octanol–water partition coefficient (Wildman–Crippen LogP) is 5.07. The highest BCUT2D eigenvalue weighted by molar-refractivity contribution is 7.07. The number of methoxy groups -OCH3 is 1. The molecular formula is C29H31ClN2O5S. The van der Waals surface area contributed by atoms with E-state index in [-0.39, 0.29) is 28.7 Å². The number of halogens is 1. The highest BCUT2D eigenvalue weighted by atomic mass is 35.5. The van der Waals surface area contributed by atoms with E-state index in [2.05, 4.69) is 13.8 Å². The lowest BCUT2D eigenvalue weighted by molar-refractivity contribution is -0.139. The zero-order chi connectivity index (χ0) is 27.6. The molecule has 2 heterocycles. The van der Waals surface area contributed by atoms with Crippen LogP contribution in [0.4, 0.5) is 0 Å². The van der Waals surface area contributed by atoms with Gasteiger partial charge in [-0.1, -0.05) is 74.4 Å². The maximum Gasteiger partial charge on any atom is 0.338 e. The van der Waals surface area contributed by atoms with Gasteiger partial charge in [0.15, 0.2) is 16.3 Å². The van der Waals surface area contributed by atoms with Gasteiger partial charge in [0.2, 0.25) is 0 Å². The summed E-state index contributed by atoms with van der Waals surface area (Å²) in [4.78, 5) is 32.4. The Morgan fingerprint density at radius 2 is 1.95 bits per heavy atom. The molecule has 0 amide bonds. The van der Waals surface area contributed by atoms with Crippen LogP contribution in [0, 0.1) is 0 Å². The van der Waals surface area contributed by atoms with Crippen LogP contribution in [0.3, 0.4) is 0 Å². The van der Waals surface area contributed by atoms with E-state index in [0.29, 0.717) is 38.5 Å². The van der Waals surface area contributed by atoms with Crippen molar-refractivity contribution < 1.29 is 19.4 Å². The fourth-order valence-electron chi connectivity index (χ4n) is 4.48. The number of carbonyl (C=O) groups excluding carboxylic acids is 1. The maximum absolute atomic E-state index is 13.9. The fraction of sp³-hybridized carbons (Fsp3) is 0.345. The minimum Gasteiger partial charge on any atom is -0.503 e. The highest BCUT2D eigenvalue weighted by Crippen LogP contribution is 2.35. The van der Waals surface area contributed by atoms with E-state index in [1.54, 1.807) is 29.7 Å². The zero-order valence-electron chi connectivity index (χ0n) is 22.1. The molecule has 1 aliphatic rings. The molecule has 0 saturated heterocycles. The average Bonchev–Trinajstić information content (AvgIpc) is 3.19. The summed E-state index contributed by atoms with van der Waals surface area (Å²) < 4.78 is 12.6. The molecule has 3 aromatic rings. The molecule has 4 rings (SSSR count). The lowest BCUT2D eigenvalue weighted by Gasteiger charge is -2.26. The van der Waals surface area contributed by atoms with Gasteiger partial charge in [-0.15, -0.1) is 0 Å². The van der Waals surface area contributed by atoms with Gasteiger partial charge < -0.3 is 14.6 Å². The molecule has 0 unspecified atom stereocenters. The van der Waals surface area contributed by atoms with E-state index in [9.17, 15) is 14.7 Å². The number of phenolic OH excluding ortho intramolecular Hbond substituents is 1. The molecule has 1 atom stereocenters. The number of thiazole rings is 1. The van der Waals surface area contributed by atoms with Gasteiger partial charge in [0.1, 0.15) is 0 Å². The number of phenols is 1. The second kappa shape index (κ2) is 11.6. The van der Waals surface area contributed by atoms with Crippen LogP contribution in [0.5, 0.6) is 11.5 Å². The third-order valence-electron chi connectivity index (χ3n) is 6.38. The topological polar surface area (TPSA) is 90.1 Å². The first-order chi connectivity index (χ1) is 18.2. The van der Waals surface area contributed by atoms with E-state index in [1.165, 1.54) is 18.4 Å². The molecule has 0 bridgehead atoms. The molecule has 200 valence electrons. The molecule has 1 aromatic heterocycles. The van der Waals surface area contributed by atoms with E-state index in [0.717, 1.165) is 17.5 Å². The molecular weight excluding hydrogens is 524 g/mol. The van der Waals surface area contributed by atoms with Crippen LogP contribution in [0.15, 0.2) is 57.5 Å². The number of ether oxygens (including phenoxy) is 2. The van der Waals surface area contributed by atoms with Gasteiger partial charge >= 0.3 is 5.97 Å². The van der Waals surface area contributed by atoms with E-state index < -0.39 is 12.0 Å². The van der Waals surface area contributed by atoms with E-state index in [4.69, 9.17) is 26.1 Å². The monoisotopic (exact) mass is 554 g/mol. The van der Waals surface area contributed by atoms with Crippen LogP contribution >= 0.6 is 22.9 Å². The second-order valence-electron chi connectivity index (χ2n) is 9.29. The minimum absolute atomic E-state index is 0.112. The predicted molar refractivity (Wildman–Crippen MR) is 150 cm³/mol. The maximum atomic E-state index is 13.9. The third-order valence-corrected chi connectivity index (χ3v) is 7.65. The van der Waals surface area contributed by atoms with Crippen LogP contribution < -0.4 is 19.6 Å². The van der Waals surface area contributed by atoms with Crippen LogP contribution in [-0.2, 0) is 9.53 Å². The number of hydrogen-bond acceptors (Lipinski definition) is 7. The van der Waals surface area contributed by atoms with Crippen LogP contribution in [0.25, 0.3) is 6.08 Å². The van der Waals surface area contributed by atoms with Crippen molar-refractivity contribution in [3.05, 3.63) is 89.1 Å². The number of rotatable bonds is 8. The molecule has 1 N–H and O–H groups in total. The van der Waals surface area contributed by atoms with Gasteiger partial charge in [-0.05, 0) is 54.2 Å². The number of fused-ring (bicyclic) bond motifs is 1. The normalized spacial score (nSPS) is 15.4. The molecule has 0 fully saturated rings. The average molecular weight is 555 g/mol. The van der Waals surface area contributed by atoms with Crippen LogP contribution in [0.1, 0.15) is 69.2 Å². The van der Waals surface area contributed by atoms with Crippen molar-refractivity contribution in [2.75, 3.05) is 13.7 Å². The first-order valence-corrected chi connectivity index (χ1v) is 13.8. The fourth-order valence-corrected chi connectivity index (χ4v) is 5.72. The number of carbonyl (C=O) groups is 1. The molecule has 0 radical (unpaired) electrons. The summed E-state index contributed by atoms with van der Waals surface area (Å²) in [6, 6.07) is 10.5. The Morgan fingerprint density at radius 3 is 2.55 bits per heavy atom. The Hall–Kier alpha value is -3.36. The molecule has 0 aliphatic carbocycles. The molecule has 0 spiro atoms. The van der Waals surface area contributed by atoms with Crippen molar-refractivity contribution in [1.82, 2.24) is 4.57 Å². The number of aromatic nitrogens is 1. The second-order valence-corrected chi connectivity index (χ2v) is 10.7. The summed E-state index contributed by atoms with van der Waals surface area (Å²) >= 11 is 7.41. The van der Waals surface area contributed by atoms with Crippen molar-refractivity contribution in [3.8, 4) is 11.5 Å². The molecule has 38 heavy (non-hydrogen) atoms. The van der Waals surface area contributed by atoms with Gasteiger partial charge in [0.25, 0.3) is 5.56 Å². The summed E-state index contributed by atoms with van der Waals surface area (Å²) in [5.74, 6) is -0.0896.